The van der Waals surface area contributed by atoms with Crippen LogP contribution in [0.25, 0.3) is 10.9 Å². The number of hydrogen-bond acceptors (Lipinski definition) is 7. The number of nitrogens with zero attached hydrogens (tertiary/aromatic N) is 5. The molecule has 0 atom stereocenters. The maximum atomic E-state index is 12.7. The summed E-state index contributed by atoms with van der Waals surface area (Å²) in [4.78, 5) is 26.9. The second kappa shape index (κ2) is 6.41. The number of benzene rings is 1. The highest BCUT2D eigenvalue weighted by Gasteiger charge is 2.31. The summed E-state index contributed by atoms with van der Waals surface area (Å²) in [6, 6.07) is 4.41. The highest BCUT2D eigenvalue weighted by molar-refractivity contribution is 7.92. The van der Waals surface area contributed by atoms with Crippen molar-refractivity contribution in [3.63, 3.8) is 0 Å². The Hall–Kier alpha value is -3.28. The van der Waals surface area contributed by atoms with Gasteiger partial charge in [0.1, 0.15) is 5.82 Å². The van der Waals surface area contributed by atoms with Crippen molar-refractivity contribution in [2.24, 2.45) is 0 Å². The standard InChI is InChI=1S/C16H16N6O5S/c1-2-20-9-13(15(18-20)22(24)25)28(26,27)19-10-5-6-12-11(8-10)16(23)21-7-3-4-14(21)17-12/h5-6,8-9,19H,2-4,7H2,1H3. The van der Waals surface area contributed by atoms with Crippen LogP contribution in [0.5, 0.6) is 0 Å². The predicted octanol–water partition coefficient (Wildman–Crippen LogP) is 1.27. The maximum Gasteiger partial charge on any atom is 0.410 e. The highest BCUT2D eigenvalue weighted by atomic mass is 32.2. The smallest absolute Gasteiger partial charge is 0.358 e. The molecule has 0 bridgehead atoms. The molecule has 0 saturated heterocycles. The molecule has 12 heteroatoms. The lowest BCUT2D eigenvalue weighted by Crippen LogP contribution is -2.21. The number of nitrogens with one attached hydrogen (secondary N) is 1. The summed E-state index contributed by atoms with van der Waals surface area (Å²) in [5.74, 6) is -0.0388. The van der Waals surface area contributed by atoms with Crippen LogP contribution in [0.15, 0.2) is 34.1 Å². The Bertz CT molecular complexity index is 1280. The first-order valence-corrected chi connectivity index (χ1v) is 10.1. The zero-order chi connectivity index (χ0) is 20.1. The van der Waals surface area contributed by atoms with Gasteiger partial charge < -0.3 is 10.1 Å². The fourth-order valence-electron chi connectivity index (χ4n) is 3.23. The number of aromatic nitrogens is 4. The summed E-state index contributed by atoms with van der Waals surface area (Å²) >= 11 is 0. The summed E-state index contributed by atoms with van der Waals surface area (Å²) in [5, 5.41) is 15.1. The van der Waals surface area contributed by atoms with Crippen LogP contribution in [0.4, 0.5) is 11.5 Å². The number of nitro groups is 1. The number of fused-ring (bicyclic) bond motifs is 2. The van der Waals surface area contributed by atoms with Crippen molar-refractivity contribution < 1.29 is 13.3 Å². The van der Waals surface area contributed by atoms with Crippen molar-refractivity contribution >= 4 is 32.4 Å². The molecular formula is C16H16N6O5S. The van der Waals surface area contributed by atoms with Crippen molar-refractivity contribution in [2.75, 3.05) is 4.72 Å². The first kappa shape index (κ1) is 18.1. The average molecular weight is 404 g/mol. The van der Waals surface area contributed by atoms with Crippen molar-refractivity contribution in [3.05, 3.63) is 50.7 Å². The summed E-state index contributed by atoms with van der Waals surface area (Å²) in [7, 11) is -4.28. The Morgan fingerprint density at radius 1 is 1.36 bits per heavy atom. The molecule has 1 aromatic carbocycles. The van der Waals surface area contributed by atoms with Gasteiger partial charge in [0, 0.05) is 18.7 Å². The second-order valence-corrected chi connectivity index (χ2v) is 8.01. The van der Waals surface area contributed by atoms with E-state index in [1.165, 1.54) is 16.8 Å². The number of sulfonamides is 1. The molecule has 0 fully saturated rings. The number of hydrogen-bond donors (Lipinski definition) is 1. The lowest BCUT2D eigenvalue weighted by molar-refractivity contribution is -0.392. The second-order valence-electron chi connectivity index (χ2n) is 6.36. The lowest BCUT2D eigenvalue weighted by Gasteiger charge is -2.09. The molecule has 0 radical (unpaired) electrons. The first-order chi connectivity index (χ1) is 13.3. The summed E-state index contributed by atoms with van der Waals surface area (Å²) in [6.07, 6.45) is 2.67. The molecule has 0 aliphatic carbocycles. The van der Waals surface area contributed by atoms with Crippen molar-refractivity contribution in [2.45, 2.75) is 37.8 Å². The first-order valence-electron chi connectivity index (χ1n) is 8.58. The highest BCUT2D eigenvalue weighted by Crippen LogP contribution is 2.25. The van der Waals surface area contributed by atoms with Gasteiger partial charge in [0.2, 0.25) is 4.90 Å². The van der Waals surface area contributed by atoms with Crippen LogP contribution in [-0.4, -0.2) is 32.7 Å². The van der Waals surface area contributed by atoms with Gasteiger partial charge in [-0.3, -0.25) is 14.1 Å². The zero-order valence-electron chi connectivity index (χ0n) is 14.8. The van der Waals surface area contributed by atoms with Gasteiger partial charge in [-0.2, -0.15) is 4.68 Å². The Balaban J connectivity index is 1.77. The van der Waals surface area contributed by atoms with Gasteiger partial charge in [0.25, 0.3) is 15.6 Å². The van der Waals surface area contributed by atoms with E-state index in [9.17, 15) is 23.3 Å². The van der Waals surface area contributed by atoms with E-state index in [1.807, 2.05) is 0 Å². The van der Waals surface area contributed by atoms with E-state index in [-0.39, 0.29) is 23.2 Å². The summed E-state index contributed by atoms with van der Waals surface area (Å²) < 4.78 is 30.4. The van der Waals surface area contributed by atoms with Crippen molar-refractivity contribution in [3.8, 4) is 0 Å². The van der Waals surface area contributed by atoms with E-state index < -0.39 is 25.7 Å². The monoisotopic (exact) mass is 404 g/mol. The Morgan fingerprint density at radius 2 is 2.14 bits per heavy atom. The third-order valence-electron chi connectivity index (χ3n) is 4.56. The van der Waals surface area contributed by atoms with Gasteiger partial charge in [-0.15, -0.1) is 0 Å². The van der Waals surface area contributed by atoms with Crippen LogP contribution in [0.1, 0.15) is 19.2 Å². The topological polar surface area (TPSA) is 142 Å². The van der Waals surface area contributed by atoms with E-state index in [4.69, 9.17) is 0 Å². The van der Waals surface area contributed by atoms with E-state index in [2.05, 4.69) is 14.8 Å². The van der Waals surface area contributed by atoms with Gasteiger partial charge in [0.15, 0.2) is 0 Å². The van der Waals surface area contributed by atoms with Crippen molar-refractivity contribution in [1.29, 1.82) is 0 Å². The predicted molar refractivity (Wildman–Crippen MR) is 99.7 cm³/mol. The molecule has 1 aliphatic rings. The Morgan fingerprint density at radius 3 is 2.86 bits per heavy atom. The normalized spacial score (nSPS) is 13.6. The van der Waals surface area contributed by atoms with Crippen LogP contribution in [0.2, 0.25) is 0 Å². The quantitative estimate of drug-likeness (QED) is 0.498. The molecule has 2 aromatic heterocycles. The lowest BCUT2D eigenvalue weighted by atomic mass is 10.2. The minimum atomic E-state index is -4.28. The molecule has 3 heterocycles. The van der Waals surface area contributed by atoms with Crippen LogP contribution in [0.3, 0.4) is 0 Å². The van der Waals surface area contributed by atoms with Crippen LogP contribution in [0, 0.1) is 10.1 Å². The minimum Gasteiger partial charge on any atom is -0.358 e. The SMILES string of the molecule is CCn1cc(S(=O)(=O)Nc2ccc3nc4n(c(=O)c3c2)CCC4)c([N+](=O)[O-])n1. The molecule has 3 aromatic rings. The van der Waals surface area contributed by atoms with Crippen molar-refractivity contribution in [1.82, 2.24) is 19.3 Å². The Kier molecular flexibility index (Phi) is 4.14. The van der Waals surface area contributed by atoms with Crippen LogP contribution in [-0.2, 0) is 29.5 Å². The van der Waals surface area contributed by atoms with Gasteiger partial charge >= 0.3 is 5.82 Å². The van der Waals surface area contributed by atoms with E-state index in [0.717, 1.165) is 19.0 Å². The summed E-state index contributed by atoms with van der Waals surface area (Å²) in [6.45, 7) is 2.54. The van der Waals surface area contributed by atoms with Crippen LogP contribution >= 0.6 is 0 Å². The molecule has 11 nitrogen and oxygen atoms in total. The molecule has 146 valence electrons. The molecule has 4 rings (SSSR count). The van der Waals surface area contributed by atoms with E-state index >= 15 is 0 Å². The zero-order valence-corrected chi connectivity index (χ0v) is 15.6. The fraction of sp³-hybridized carbons (Fsp3) is 0.312. The van der Waals surface area contributed by atoms with E-state index in [1.54, 1.807) is 17.6 Å². The third kappa shape index (κ3) is 2.91. The minimum absolute atomic E-state index is 0.114. The molecule has 0 saturated carbocycles. The third-order valence-corrected chi connectivity index (χ3v) is 5.94. The average Bonchev–Trinajstić information content (AvgIpc) is 3.29. The Labute approximate surface area is 158 Å². The molecule has 0 amide bonds. The maximum absolute atomic E-state index is 12.7. The fourth-order valence-corrected chi connectivity index (χ4v) is 4.39. The van der Waals surface area contributed by atoms with Gasteiger partial charge in [-0.1, -0.05) is 0 Å². The largest absolute Gasteiger partial charge is 0.410 e. The number of rotatable bonds is 5. The molecule has 0 unspecified atom stereocenters. The molecule has 1 N–H and O–H groups in total. The van der Waals surface area contributed by atoms with E-state index in [0.29, 0.717) is 17.9 Å². The summed E-state index contributed by atoms with van der Waals surface area (Å²) in [5.41, 5.74) is 0.359. The van der Waals surface area contributed by atoms with Gasteiger partial charge in [0.05, 0.1) is 28.7 Å². The van der Waals surface area contributed by atoms with Crippen LogP contribution < -0.4 is 10.3 Å². The molecule has 28 heavy (non-hydrogen) atoms. The molecular weight excluding hydrogens is 388 g/mol. The molecule has 0 spiro atoms. The van der Waals surface area contributed by atoms with Gasteiger partial charge in [-0.25, -0.2) is 13.4 Å². The number of aryl methyl sites for hydroxylation is 2. The molecule has 1 aliphatic heterocycles. The number of anilines is 1. The van der Waals surface area contributed by atoms with Gasteiger partial charge in [-0.05, 0) is 36.5 Å².